The van der Waals surface area contributed by atoms with Gasteiger partial charge in [-0.2, -0.15) is 0 Å². The molecule has 23 heteroatoms. The number of imide groups is 1. The van der Waals surface area contributed by atoms with E-state index in [1.807, 2.05) is 13.8 Å². The van der Waals surface area contributed by atoms with Crippen LogP contribution in [0.5, 0.6) is 0 Å². The smallest absolute Gasteiger partial charge is 0.333 e. The van der Waals surface area contributed by atoms with Crippen LogP contribution in [-0.2, 0) is 52.8 Å². The van der Waals surface area contributed by atoms with Gasteiger partial charge in [-0.15, -0.1) is 5.06 Å². The summed E-state index contributed by atoms with van der Waals surface area (Å²) in [7, 11) is 6.96. The zero-order chi connectivity index (χ0) is 51.0. The van der Waals surface area contributed by atoms with E-state index < -0.39 is 53.6 Å². The van der Waals surface area contributed by atoms with Crippen molar-refractivity contribution in [2.24, 2.45) is 23.5 Å². The molecular weight excluding hydrogens is 941 g/mol. The summed E-state index contributed by atoms with van der Waals surface area (Å²) in [6, 6.07) is -1.06. The van der Waals surface area contributed by atoms with Crippen molar-refractivity contribution in [1.29, 1.82) is 0 Å². The molecule has 8 N–H and O–H groups in total. The van der Waals surface area contributed by atoms with Crippen LogP contribution in [0.15, 0.2) is 0 Å². The quantitative estimate of drug-likeness (QED) is 0.0226. The van der Waals surface area contributed by atoms with Gasteiger partial charge in [0.25, 0.3) is 11.8 Å². The second kappa shape index (κ2) is 35.6. The minimum absolute atomic E-state index is 0.0231. The standard InChI is InChI=1S/C20H35NO6S2.C18H30N2O5S2.C5H9NO4/c1-14(13-28-29-20(2,3)4)18(25)21-11-7-5-6-8-16(22)12-15(19(26)27)9-10-17(23)24;1-13(12-26-27-18(2,3)4)17(24)19-11-7-5-6-8-16(23)25-20-14(21)9-10-15(20)22;6-3(5(9)10)1-2-4(7)8/h14-15H,5-13H2,1-4H3,(H,21,25)(H,23,24)(H,26,27);13H,5-12H2,1-4H3,(H,19,24);3H,1-2,6H2,(H,7,8)(H,9,10). The molecule has 0 spiro atoms. The molecule has 1 saturated heterocycles. The molecule has 0 aromatic heterocycles. The predicted octanol–water partition coefficient (Wildman–Crippen LogP) is 6.35. The molecule has 0 radical (unpaired) electrons. The molecule has 0 aromatic rings. The molecule has 1 aliphatic heterocycles. The van der Waals surface area contributed by atoms with E-state index in [1.54, 1.807) is 43.2 Å². The normalized spacial score (nSPS) is 14.3. The zero-order valence-corrected chi connectivity index (χ0v) is 42.9. The molecule has 4 unspecified atom stereocenters. The topological polar surface area (TPSA) is 314 Å². The average molecular weight is 1020 g/mol. The third-order valence-corrected chi connectivity index (χ3v) is 15.7. The summed E-state index contributed by atoms with van der Waals surface area (Å²) in [5, 5.41) is 40.4. The summed E-state index contributed by atoms with van der Waals surface area (Å²) < 4.78 is 0.344. The number of hydrogen-bond donors (Lipinski definition) is 7. The first-order valence-corrected chi connectivity index (χ1v) is 26.6. The van der Waals surface area contributed by atoms with Crippen LogP contribution >= 0.6 is 43.2 Å². The van der Waals surface area contributed by atoms with Gasteiger partial charge in [0.15, 0.2) is 0 Å². The Morgan fingerprint density at radius 3 is 1.45 bits per heavy atom. The zero-order valence-electron chi connectivity index (χ0n) is 39.7. The number of nitrogens with zero attached hydrogens (tertiary/aromatic N) is 1. The van der Waals surface area contributed by atoms with Crippen LogP contribution in [0.2, 0.25) is 0 Å². The maximum Gasteiger partial charge on any atom is 0.333 e. The number of nitrogens with one attached hydrogen (secondary N) is 2. The van der Waals surface area contributed by atoms with Crippen molar-refractivity contribution in [2.75, 3.05) is 24.6 Å². The van der Waals surface area contributed by atoms with Crippen LogP contribution < -0.4 is 16.4 Å². The number of ketones is 1. The average Bonchev–Trinajstić information content (AvgIpc) is 3.52. The first kappa shape index (κ1) is 64.5. The second-order valence-electron chi connectivity index (χ2n) is 17.6. The third kappa shape index (κ3) is 37.5. The number of hydrogen-bond acceptors (Lipinski definition) is 16. The summed E-state index contributed by atoms with van der Waals surface area (Å²) in [5.74, 6) is -5.50. The Hall–Kier alpha value is -3.54. The lowest BCUT2D eigenvalue weighted by Crippen LogP contribution is -2.32. The molecule has 1 heterocycles. The van der Waals surface area contributed by atoms with E-state index in [0.717, 1.165) is 37.2 Å². The number of aliphatic carboxylic acids is 4. The first-order chi connectivity index (χ1) is 30.6. The number of unbranched alkanes of at least 4 members (excludes halogenated alkanes) is 4. The van der Waals surface area contributed by atoms with Crippen molar-refractivity contribution in [3.05, 3.63) is 0 Å². The van der Waals surface area contributed by atoms with Gasteiger partial charge in [0.2, 0.25) is 11.8 Å². The SMILES string of the molecule is CC(CSSC(C)(C)C)C(=O)NCCCCCC(=O)CC(CCC(=O)O)C(=O)O.CC(CSSC(C)(C)C)C(=O)NCCCCCC(=O)ON1C(=O)CCC1=O.NC(CCC(=O)O)C(=O)O. The molecule has 1 aliphatic rings. The van der Waals surface area contributed by atoms with Gasteiger partial charge in [-0.3, -0.25) is 43.2 Å². The molecule has 19 nitrogen and oxygen atoms in total. The molecule has 4 amide bonds. The third-order valence-electron chi connectivity index (χ3n) is 8.65. The van der Waals surface area contributed by atoms with Crippen LogP contribution in [0.4, 0.5) is 0 Å². The van der Waals surface area contributed by atoms with Crippen molar-refractivity contribution in [2.45, 2.75) is 167 Å². The molecule has 0 saturated carbocycles. The van der Waals surface area contributed by atoms with Gasteiger partial charge < -0.3 is 41.6 Å². The molecule has 4 atom stereocenters. The number of hydroxylamine groups is 2. The fourth-order valence-electron chi connectivity index (χ4n) is 4.94. The van der Waals surface area contributed by atoms with Crippen molar-refractivity contribution < 1.29 is 73.2 Å². The predicted molar refractivity (Wildman–Crippen MR) is 258 cm³/mol. The lowest BCUT2D eigenvalue weighted by molar-refractivity contribution is -0.197. The monoisotopic (exact) mass is 1010 g/mol. The highest BCUT2D eigenvalue weighted by Gasteiger charge is 2.32. The largest absolute Gasteiger partial charge is 0.481 e. The van der Waals surface area contributed by atoms with Crippen molar-refractivity contribution in [1.82, 2.24) is 15.7 Å². The van der Waals surface area contributed by atoms with E-state index >= 15 is 0 Å². The fourth-order valence-corrected chi connectivity index (χ4v) is 10.2. The molecule has 1 rings (SSSR count). The molecule has 0 bridgehead atoms. The van der Waals surface area contributed by atoms with Gasteiger partial charge in [0.05, 0.1) is 5.92 Å². The Labute approximate surface area is 404 Å². The number of Topliss-reactive ketones (excluding diaryl/α,β-unsaturated/α-hetero) is 1. The van der Waals surface area contributed by atoms with E-state index in [2.05, 4.69) is 52.2 Å². The highest BCUT2D eigenvalue weighted by atomic mass is 33.1. The second-order valence-corrected chi connectivity index (χ2v) is 23.9. The van der Waals surface area contributed by atoms with Gasteiger partial charge in [0, 0.05) is 90.9 Å². The maximum absolute atomic E-state index is 12.0. The van der Waals surface area contributed by atoms with Crippen molar-refractivity contribution in [3.63, 3.8) is 0 Å². The van der Waals surface area contributed by atoms with Crippen LogP contribution in [0.1, 0.15) is 152 Å². The Morgan fingerprint density at radius 1 is 0.636 bits per heavy atom. The van der Waals surface area contributed by atoms with Crippen LogP contribution in [0.3, 0.4) is 0 Å². The molecular formula is C43H74N4O15S4. The van der Waals surface area contributed by atoms with E-state index in [9.17, 15) is 47.9 Å². The van der Waals surface area contributed by atoms with Crippen molar-refractivity contribution >= 4 is 102 Å². The number of carboxylic acids is 4. The maximum atomic E-state index is 12.0. The highest BCUT2D eigenvalue weighted by Crippen LogP contribution is 2.37. The number of carbonyl (C=O) groups is 10. The minimum Gasteiger partial charge on any atom is -0.481 e. The first-order valence-electron chi connectivity index (χ1n) is 22.0. The van der Waals surface area contributed by atoms with Gasteiger partial charge in [-0.25, -0.2) is 4.79 Å². The number of rotatable bonds is 31. The lowest BCUT2D eigenvalue weighted by Gasteiger charge is -2.18. The van der Waals surface area contributed by atoms with Crippen LogP contribution in [0, 0.1) is 17.8 Å². The summed E-state index contributed by atoms with van der Waals surface area (Å²) >= 11 is 0. The summed E-state index contributed by atoms with van der Waals surface area (Å²) in [5.41, 5.74) is 5.00. The van der Waals surface area contributed by atoms with Gasteiger partial charge in [-0.1, -0.05) is 111 Å². The van der Waals surface area contributed by atoms with Crippen molar-refractivity contribution in [3.8, 4) is 0 Å². The molecule has 380 valence electrons. The Kier molecular flexibility index (Phi) is 34.8. The number of nitrogens with two attached hydrogens (primary N) is 1. The van der Waals surface area contributed by atoms with E-state index in [1.165, 1.54) is 0 Å². The van der Waals surface area contributed by atoms with E-state index in [0.29, 0.717) is 31.0 Å². The lowest BCUT2D eigenvalue weighted by atomic mass is 9.95. The molecule has 0 aliphatic carbocycles. The number of carboxylic acid groups (broad SMARTS) is 4. The van der Waals surface area contributed by atoms with Gasteiger partial charge in [-0.05, 0) is 38.5 Å². The summed E-state index contributed by atoms with van der Waals surface area (Å²) in [4.78, 5) is 117. The van der Waals surface area contributed by atoms with Crippen LogP contribution in [0.25, 0.3) is 0 Å². The van der Waals surface area contributed by atoms with Crippen LogP contribution in [-0.4, -0.2) is 125 Å². The molecule has 0 aromatic carbocycles. The van der Waals surface area contributed by atoms with E-state index in [-0.39, 0.29) is 96.7 Å². The Bertz CT molecular complexity index is 1560. The Balaban J connectivity index is 0. The van der Waals surface area contributed by atoms with Gasteiger partial charge in [0.1, 0.15) is 11.8 Å². The summed E-state index contributed by atoms with van der Waals surface area (Å²) in [6.45, 7) is 17.8. The highest BCUT2D eigenvalue weighted by molar-refractivity contribution is 8.77. The number of carbonyl (C=O) groups excluding carboxylic acids is 6. The van der Waals surface area contributed by atoms with E-state index in [4.69, 9.17) is 31.0 Å². The molecule has 66 heavy (non-hydrogen) atoms. The molecule has 1 fully saturated rings. The summed E-state index contributed by atoms with van der Waals surface area (Å²) in [6.07, 6.45) is 4.23. The minimum atomic E-state index is -1.17. The Morgan fingerprint density at radius 2 is 1.06 bits per heavy atom. The number of amides is 4. The van der Waals surface area contributed by atoms with Gasteiger partial charge >= 0.3 is 29.8 Å². The fraction of sp³-hybridized carbons (Fsp3) is 0.767.